The van der Waals surface area contributed by atoms with Crippen molar-refractivity contribution >= 4 is 11.6 Å². The molecule has 0 fully saturated rings. The van der Waals surface area contributed by atoms with E-state index < -0.39 is 0 Å². The summed E-state index contributed by atoms with van der Waals surface area (Å²) in [6.45, 7) is 9.87. The molecule has 0 unspecified atom stereocenters. The van der Waals surface area contributed by atoms with Crippen LogP contribution in [0.2, 0.25) is 0 Å². The van der Waals surface area contributed by atoms with E-state index in [9.17, 15) is 4.79 Å². The molecule has 0 aliphatic carbocycles. The fourth-order valence-corrected chi connectivity index (χ4v) is 2.44. The minimum absolute atomic E-state index is 0.0800. The number of para-hydroxylation sites is 1. The Morgan fingerprint density at radius 1 is 0.889 bits per heavy atom. The van der Waals surface area contributed by atoms with Crippen LogP contribution in [0.25, 0.3) is 0 Å². The summed E-state index contributed by atoms with van der Waals surface area (Å²) < 4.78 is 11.2. The number of amides is 1. The van der Waals surface area contributed by atoms with Crippen molar-refractivity contribution in [2.75, 3.05) is 38.2 Å². The molecule has 0 aliphatic heterocycles. The molecule has 2 aromatic rings. The van der Waals surface area contributed by atoms with Gasteiger partial charge in [0, 0.05) is 18.8 Å². The molecule has 0 aliphatic rings. The lowest BCUT2D eigenvalue weighted by atomic mass is 10.3. The molecule has 142 valence electrons. The molecule has 0 saturated heterocycles. The molecular formula is C22H26N2O3. The van der Waals surface area contributed by atoms with Crippen molar-refractivity contribution in [3.63, 3.8) is 0 Å². The summed E-state index contributed by atoms with van der Waals surface area (Å²) >= 11 is 0. The average Bonchev–Trinajstić information content (AvgIpc) is 2.68. The summed E-state index contributed by atoms with van der Waals surface area (Å²) in [6.07, 6.45) is 3.54. The Labute approximate surface area is 160 Å². The molecule has 5 nitrogen and oxygen atoms in total. The van der Waals surface area contributed by atoms with Crippen molar-refractivity contribution < 1.29 is 14.3 Å². The van der Waals surface area contributed by atoms with Gasteiger partial charge in [0.1, 0.15) is 24.7 Å². The highest BCUT2D eigenvalue weighted by Gasteiger charge is 2.08. The Bertz CT molecular complexity index is 704. The Hall–Kier alpha value is -3.05. The second-order valence-corrected chi connectivity index (χ2v) is 5.85. The summed E-state index contributed by atoms with van der Waals surface area (Å²) in [6, 6.07) is 16.9. The lowest BCUT2D eigenvalue weighted by molar-refractivity contribution is -0.117. The smallest absolute Gasteiger partial charge is 0.238 e. The number of hydrogen-bond donors (Lipinski definition) is 1. The number of rotatable bonds is 12. The van der Waals surface area contributed by atoms with Gasteiger partial charge in [0.2, 0.25) is 5.91 Å². The van der Waals surface area contributed by atoms with Gasteiger partial charge in [-0.15, -0.1) is 13.2 Å². The predicted molar refractivity (Wildman–Crippen MR) is 109 cm³/mol. The van der Waals surface area contributed by atoms with Crippen molar-refractivity contribution in [3.05, 3.63) is 79.9 Å². The van der Waals surface area contributed by atoms with E-state index in [1.807, 2.05) is 59.5 Å². The van der Waals surface area contributed by atoms with Gasteiger partial charge in [0.25, 0.3) is 0 Å². The van der Waals surface area contributed by atoms with Gasteiger partial charge >= 0.3 is 0 Å². The Morgan fingerprint density at radius 3 is 2.00 bits per heavy atom. The summed E-state index contributed by atoms with van der Waals surface area (Å²) in [4.78, 5) is 14.1. The van der Waals surface area contributed by atoms with Gasteiger partial charge in [-0.25, -0.2) is 0 Å². The van der Waals surface area contributed by atoms with Crippen LogP contribution in [-0.4, -0.2) is 43.7 Å². The number of carbonyl (C=O) groups excluding carboxylic acids is 1. The summed E-state index contributed by atoms with van der Waals surface area (Å²) in [5.74, 6) is 1.47. The van der Waals surface area contributed by atoms with Gasteiger partial charge in [-0.2, -0.15) is 0 Å². The van der Waals surface area contributed by atoms with Crippen LogP contribution in [0.5, 0.6) is 11.5 Å². The third-order valence-corrected chi connectivity index (χ3v) is 3.64. The van der Waals surface area contributed by atoms with E-state index in [0.29, 0.717) is 26.3 Å². The molecule has 0 saturated carbocycles. The number of hydrogen-bond acceptors (Lipinski definition) is 4. The number of carbonyl (C=O) groups is 1. The fraction of sp³-hybridized carbons (Fsp3) is 0.227. The zero-order chi connectivity index (χ0) is 19.3. The lowest BCUT2D eigenvalue weighted by Crippen LogP contribution is -2.33. The summed E-state index contributed by atoms with van der Waals surface area (Å²) in [5.41, 5.74) is 0.727. The molecular weight excluding hydrogens is 340 g/mol. The standard InChI is InChI=1S/C22H26N2O3/c1-3-14-24(15-4-2)18-22(25)23-19-10-12-21(13-11-19)27-17-16-26-20-8-6-5-7-9-20/h3-13H,1-2,14-18H2,(H,23,25). The van der Waals surface area contributed by atoms with E-state index in [1.54, 1.807) is 12.2 Å². The first-order valence-electron chi connectivity index (χ1n) is 8.86. The molecule has 0 aromatic heterocycles. The van der Waals surface area contributed by atoms with Crippen LogP contribution in [0.4, 0.5) is 5.69 Å². The summed E-state index contributed by atoms with van der Waals surface area (Å²) in [5, 5.41) is 2.88. The number of ether oxygens (including phenoxy) is 2. The Morgan fingerprint density at radius 2 is 1.44 bits per heavy atom. The predicted octanol–water partition coefficient (Wildman–Crippen LogP) is 3.76. The first kappa shape index (κ1) is 20.3. The van der Waals surface area contributed by atoms with Crippen molar-refractivity contribution in [2.45, 2.75) is 0 Å². The topological polar surface area (TPSA) is 50.8 Å². The van der Waals surface area contributed by atoms with Crippen LogP contribution >= 0.6 is 0 Å². The van der Waals surface area contributed by atoms with Crippen LogP contribution in [0.3, 0.4) is 0 Å². The van der Waals surface area contributed by atoms with Crippen LogP contribution < -0.4 is 14.8 Å². The molecule has 0 bridgehead atoms. The van der Waals surface area contributed by atoms with Crippen molar-refractivity contribution in [3.8, 4) is 11.5 Å². The van der Waals surface area contributed by atoms with Gasteiger partial charge in [-0.05, 0) is 36.4 Å². The van der Waals surface area contributed by atoms with Crippen LogP contribution in [0.1, 0.15) is 0 Å². The molecule has 1 N–H and O–H groups in total. The number of anilines is 1. The maximum absolute atomic E-state index is 12.1. The minimum atomic E-state index is -0.0800. The van der Waals surface area contributed by atoms with Gasteiger partial charge in [0.05, 0.1) is 6.54 Å². The van der Waals surface area contributed by atoms with E-state index in [-0.39, 0.29) is 12.5 Å². The van der Waals surface area contributed by atoms with E-state index in [2.05, 4.69) is 18.5 Å². The van der Waals surface area contributed by atoms with Crippen LogP contribution in [0, 0.1) is 0 Å². The molecule has 2 rings (SSSR count). The fourth-order valence-electron chi connectivity index (χ4n) is 2.44. The second-order valence-electron chi connectivity index (χ2n) is 5.85. The zero-order valence-electron chi connectivity index (χ0n) is 15.5. The molecule has 2 aromatic carbocycles. The molecule has 0 atom stereocenters. The summed E-state index contributed by atoms with van der Waals surface area (Å²) in [7, 11) is 0. The van der Waals surface area contributed by atoms with Crippen LogP contribution in [0.15, 0.2) is 79.9 Å². The second kappa shape index (κ2) is 11.5. The maximum Gasteiger partial charge on any atom is 0.238 e. The average molecular weight is 366 g/mol. The molecule has 0 spiro atoms. The normalized spacial score (nSPS) is 10.3. The number of nitrogens with one attached hydrogen (secondary N) is 1. The lowest BCUT2D eigenvalue weighted by Gasteiger charge is -2.18. The Balaban J connectivity index is 1.73. The maximum atomic E-state index is 12.1. The van der Waals surface area contributed by atoms with E-state index in [4.69, 9.17) is 9.47 Å². The third-order valence-electron chi connectivity index (χ3n) is 3.64. The first-order chi connectivity index (χ1) is 13.2. The molecule has 0 heterocycles. The number of nitrogens with zero attached hydrogens (tertiary/aromatic N) is 1. The van der Waals surface area contributed by atoms with E-state index in [1.165, 1.54) is 0 Å². The zero-order valence-corrected chi connectivity index (χ0v) is 15.5. The van der Waals surface area contributed by atoms with Crippen molar-refractivity contribution in [1.29, 1.82) is 0 Å². The largest absolute Gasteiger partial charge is 0.490 e. The number of benzene rings is 2. The quantitative estimate of drug-likeness (QED) is 0.459. The highest BCUT2D eigenvalue weighted by Crippen LogP contribution is 2.16. The monoisotopic (exact) mass is 366 g/mol. The Kier molecular flexibility index (Phi) is 8.66. The van der Waals surface area contributed by atoms with Crippen molar-refractivity contribution in [2.24, 2.45) is 0 Å². The van der Waals surface area contributed by atoms with Gasteiger partial charge in [-0.3, -0.25) is 9.69 Å². The molecule has 5 heteroatoms. The SMILES string of the molecule is C=CCN(CC=C)CC(=O)Nc1ccc(OCCOc2ccccc2)cc1. The van der Waals surface area contributed by atoms with Gasteiger partial charge < -0.3 is 14.8 Å². The minimum Gasteiger partial charge on any atom is -0.490 e. The van der Waals surface area contributed by atoms with E-state index >= 15 is 0 Å². The molecule has 1 amide bonds. The van der Waals surface area contributed by atoms with Gasteiger partial charge in [0.15, 0.2) is 0 Å². The highest BCUT2D eigenvalue weighted by molar-refractivity contribution is 5.92. The van der Waals surface area contributed by atoms with E-state index in [0.717, 1.165) is 17.2 Å². The highest BCUT2D eigenvalue weighted by atomic mass is 16.5. The third kappa shape index (κ3) is 7.79. The molecule has 0 radical (unpaired) electrons. The molecule has 27 heavy (non-hydrogen) atoms. The van der Waals surface area contributed by atoms with Crippen molar-refractivity contribution in [1.82, 2.24) is 4.90 Å². The van der Waals surface area contributed by atoms with Crippen LogP contribution in [-0.2, 0) is 4.79 Å². The van der Waals surface area contributed by atoms with Gasteiger partial charge in [-0.1, -0.05) is 30.4 Å². The first-order valence-corrected chi connectivity index (χ1v) is 8.86.